The zero-order valence-electron chi connectivity index (χ0n) is 19.0. The molecule has 33 heavy (non-hydrogen) atoms. The fourth-order valence-electron chi connectivity index (χ4n) is 3.79. The molecule has 0 aliphatic rings. The van der Waals surface area contributed by atoms with Gasteiger partial charge in [0.1, 0.15) is 0 Å². The van der Waals surface area contributed by atoms with E-state index in [1.54, 1.807) is 0 Å². The van der Waals surface area contributed by atoms with Gasteiger partial charge in [0.15, 0.2) is 11.0 Å². The van der Waals surface area contributed by atoms with Gasteiger partial charge in [0.2, 0.25) is 5.91 Å². The van der Waals surface area contributed by atoms with Crippen LogP contribution in [0.2, 0.25) is 0 Å². The van der Waals surface area contributed by atoms with Crippen molar-refractivity contribution in [3.05, 3.63) is 87.4 Å². The zero-order chi connectivity index (χ0) is 23.5. The summed E-state index contributed by atoms with van der Waals surface area (Å²) < 4.78 is 2.94. The summed E-state index contributed by atoms with van der Waals surface area (Å²) in [5.41, 5.74) is 7.24. The Balaban J connectivity index is 1.62. The maximum Gasteiger partial charge on any atom is 0.234 e. The lowest BCUT2D eigenvalue weighted by Crippen LogP contribution is -2.16. The standard InChI is InChI=1S/C26H25BrN4OS/c1-16-9-11-20(12-10-16)31-25(21-7-5-6-8-22(21)27)29-30-26(31)33-15-23(32)28-24-18(3)13-17(2)14-19(24)4/h5-14H,15H2,1-4H3,(H,28,32). The van der Waals surface area contributed by atoms with E-state index in [0.29, 0.717) is 5.16 Å². The second kappa shape index (κ2) is 9.93. The maximum absolute atomic E-state index is 12.8. The van der Waals surface area contributed by atoms with Crippen LogP contribution >= 0.6 is 27.7 Å². The van der Waals surface area contributed by atoms with Crippen LogP contribution in [0.5, 0.6) is 0 Å². The average molecular weight is 521 g/mol. The molecule has 0 saturated heterocycles. The second-order valence-electron chi connectivity index (χ2n) is 8.07. The van der Waals surface area contributed by atoms with Crippen LogP contribution < -0.4 is 5.32 Å². The summed E-state index contributed by atoms with van der Waals surface area (Å²) in [6.45, 7) is 8.14. The molecule has 4 aromatic rings. The summed E-state index contributed by atoms with van der Waals surface area (Å²) in [5, 5.41) is 12.6. The van der Waals surface area contributed by atoms with Crippen LogP contribution in [0.4, 0.5) is 5.69 Å². The number of aryl methyl sites for hydroxylation is 4. The molecule has 4 rings (SSSR count). The molecule has 5 nitrogen and oxygen atoms in total. The average Bonchev–Trinajstić information content (AvgIpc) is 3.19. The van der Waals surface area contributed by atoms with Crippen LogP contribution in [-0.2, 0) is 4.79 Å². The fraction of sp³-hybridized carbons (Fsp3) is 0.192. The van der Waals surface area contributed by atoms with Crippen LogP contribution in [0, 0.1) is 27.7 Å². The number of nitrogens with one attached hydrogen (secondary N) is 1. The number of benzene rings is 3. The van der Waals surface area contributed by atoms with E-state index < -0.39 is 0 Å². The summed E-state index contributed by atoms with van der Waals surface area (Å²) in [6, 6.07) is 20.3. The summed E-state index contributed by atoms with van der Waals surface area (Å²) in [4.78, 5) is 12.8. The van der Waals surface area contributed by atoms with Crippen molar-refractivity contribution in [3.63, 3.8) is 0 Å². The van der Waals surface area contributed by atoms with Gasteiger partial charge in [0.05, 0.1) is 5.75 Å². The molecule has 0 aliphatic heterocycles. The molecule has 0 atom stereocenters. The number of halogens is 1. The first-order valence-electron chi connectivity index (χ1n) is 10.6. The largest absolute Gasteiger partial charge is 0.325 e. The predicted molar refractivity (Wildman–Crippen MR) is 139 cm³/mol. The molecule has 0 bridgehead atoms. The molecule has 7 heteroatoms. The van der Waals surface area contributed by atoms with Gasteiger partial charge >= 0.3 is 0 Å². The Morgan fingerprint density at radius 2 is 1.61 bits per heavy atom. The normalized spacial score (nSPS) is 10.9. The predicted octanol–water partition coefficient (Wildman–Crippen LogP) is 6.66. The van der Waals surface area contributed by atoms with Crippen molar-refractivity contribution in [1.29, 1.82) is 0 Å². The fourth-order valence-corrected chi connectivity index (χ4v) is 5.00. The van der Waals surface area contributed by atoms with E-state index in [4.69, 9.17) is 0 Å². The number of hydrogen-bond donors (Lipinski definition) is 1. The Kier molecular flexibility index (Phi) is 7.00. The Labute approximate surface area is 206 Å². The third-order valence-corrected chi connectivity index (χ3v) is 6.93. The van der Waals surface area contributed by atoms with E-state index >= 15 is 0 Å². The number of carbonyl (C=O) groups excluding carboxylic acids is 1. The van der Waals surface area contributed by atoms with Gasteiger partial charge in [-0.1, -0.05) is 81.3 Å². The highest BCUT2D eigenvalue weighted by molar-refractivity contribution is 9.10. The number of amides is 1. The number of rotatable bonds is 6. The van der Waals surface area contributed by atoms with Gasteiger partial charge in [-0.25, -0.2) is 0 Å². The highest BCUT2D eigenvalue weighted by Gasteiger charge is 2.19. The molecule has 0 unspecified atom stereocenters. The van der Waals surface area contributed by atoms with E-state index in [0.717, 1.165) is 38.4 Å². The molecule has 1 heterocycles. The summed E-state index contributed by atoms with van der Waals surface area (Å²) in [7, 11) is 0. The molecule has 3 aromatic carbocycles. The van der Waals surface area contributed by atoms with Crippen molar-refractivity contribution < 1.29 is 4.79 Å². The SMILES string of the molecule is Cc1ccc(-n2c(SCC(=O)Nc3c(C)cc(C)cc3C)nnc2-c2ccccc2Br)cc1. The van der Waals surface area contributed by atoms with Crippen LogP contribution in [-0.4, -0.2) is 26.4 Å². The number of carbonyl (C=O) groups is 1. The monoisotopic (exact) mass is 520 g/mol. The van der Waals surface area contributed by atoms with Crippen LogP contribution in [0.1, 0.15) is 22.3 Å². The first-order chi connectivity index (χ1) is 15.8. The minimum absolute atomic E-state index is 0.0732. The van der Waals surface area contributed by atoms with Gasteiger partial charge in [-0.2, -0.15) is 0 Å². The second-order valence-corrected chi connectivity index (χ2v) is 9.86. The molecule has 1 aromatic heterocycles. The molecule has 0 radical (unpaired) electrons. The van der Waals surface area contributed by atoms with Gasteiger partial charge in [-0.15, -0.1) is 10.2 Å². The summed E-state index contributed by atoms with van der Waals surface area (Å²) >= 11 is 5.00. The van der Waals surface area contributed by atoms with Crippen LogP contribution in [0.25, 0.3) is 17.1 Å². The van der Waals surface area contributed by atoms with Crippen molar-refractivity contribution >= 4 is 39.3 Å². The zero-order valence-corrected chi connectivity index (χ0v) is 21.4. The summed E-state index contributed by atoms with van der Waals surface area (Å²) in [5.74, 6) is 0.877. The molecule has 1 N–H and O–H groups in total. The van der Waals surface area contributed by atoms with Crippen molar-refractivity contribution in [2.75, 3.05) is 11.1 Å². The van der Waals surface area contributed by atoms with Crippen molar-refractivity contribution in [1.82, 2.24) is 14.8 Å². The third kappa shape index (κ3) is 5.20. The lowest BCUT2D eigenvalue weighted by atomic mass is 10.1. The van der Waals surface area contributed by atoms with E-state index in [-0.39, 0.29) is 11.7 Å². The molecule has 0 saturated carbocycles. The topological polar surface area (TPSA) is 59.8 Å². The Hall–Kier alpha value is -2.90. The quantitative estimate of drug-likeness (QED) is 0.288. The van der Waals surface area contributed by atoms with Crippen molar-refractivity contribution in [2.45, 2.75) is 32.9 Å². The van der Waals surface area contributed by atoms with E-state index in [1.807, 2.05) is 54.8 Å². The minimum Gasteiger partial charge on any atom is -0.325 e. The third-order valence-electron chi connectivity index (χ3n) is 5.31. The smallest absolute Gasteiger partial charge is 0.234 e. The molecule has 0 aliphatic carbocycles. The highest BCUT2D eigenvalue weighted by Crippen LogP contribution is 2.32. The van der Waals surface area contributed by atoms with Crippen molar-refractivity contribution in [2.24, 2.45) is 0 Å². The molecule has 0 spiro atoms. The van der Waals surface area contributed by atoms with E-state index in [2.05, 4.69) is 69.6 Å². The molecule has 0 fully saturated rings. The Morgan fingerprint density at radius 3 is 2.27 bits per heavy atom. The maximum atomic E-state index is 12.8. The first-order valence-corrected chi connectivity index (χ1v) is 12.4. The molecule has 1 amide bonds. The first kappa shape index (κ1) is 23.3. The Bertz CT molecular complexity index is 1290. The van der Waals surface area contributed by atoms with Crippen LogP contribution in [0.3, 0.4) is 0 Å². The molecular formula is C26H25BrN4OS. The highest BCUT2D eigenvalue weighted by atomic mass is 79.9. The molecule has 168 valence electrons. The van der Waals surface area contributed by atoms with Crippen LogP contribution in [0.15, 0.2) is 70.3 Å². The van der Waals surface area contributed by atoms with Gasteiger partial charge in [0, 0.05) is 21.4 Å². The lowest BCUT2D eigenvalue weighted by molar-refractivity contribution is -0.113. The number of aromatic nitrogens is 3. The number of anilines is 1. The minimum atomic E-state index is -0.0732. The van der Waals surface area contributed by atoms with E-state index in [1.165, 1.54) is 22.9 Å². The number of hydrogen-bond acceptors (Lipinski definition) is 4. The number of thioether (sulfide) groups is 1. The molecular weight excluding hydrogens is 496 g/mol. The van der Waals surface area contributed by atoms with Crippen molar-refractivity contribution in [3.8, 4) is 17.1 Å². The van der Waals surface area contributed by atoms with Gasteiger partial charge < -0.3 is 5.32 Å². The summed E-state index contributed by atoms with van der Waals surface area (Å²) in [6.07, 6.45) is 0. The van der Waals surface area contributed by atoms with Gasteiger partial charge in [-0.3, -0.25) is 9.36 Å². The lowest BCUT2D eigenvalue weighted by Gasteiger charge is -2.13. The van der Waals surface area contributed by atoms with E-state index in [9.17, 15) is 4.79 Å². The van der Waals surface area contributed by atoms with Gasteiger partial charge in [0.25, 0.3) is 0 Å². The Morgan fingerprint density at radius 1 is 0.939 bits per heavy atom. The van der Waals surface area contributed by atoms with Gasteiger partial charge in [-0.05, 0) is 57.0 Å². The number of nitrogens with zero attached hydrogens (tertiary/aromatic N) is 3.